The second kappa shape index (κ2) is 6.82. The predicted octanol–water partition coefficient (Wildman–Crippen LogP) is 3.22. The van der Waals surface area contributed by atoms with Gasteiger partial charge in [0.2, 0.25) is 0 Å². The van der Waals surface area contributed by atoms with Crippen LogP contribution in [0.5, 0.6) is 0 Å². The second-order valence-corrected chi connectivity index (χ2v) is 7.77. The first-order chi connectivity index (χ1) is 11.8. The van der Waals surface area contributed by atoms with Crippen LogP contribution in [0.3, 0.4) is 0 Å². The van der Waals surface area contributed by atoms with Crippen LogP contribution in [-0.4, -0.2) is 27.4 Å². The fraction of sp³-hybridized carbons (Fsp3) is 0.333. The van der Waals surface area contributed by atoms with Crippen molar-refractivity contribution in [3.8, 4) is 0 Å². The van der Waals surface area contributed by atoms with Crippen molar-refractivity contribution in [3.05, 3.63) is 65.2 Å². The zero-order valence-electron chi connectivity index (χ0n) is 13.7. The van der Waals surface area contributed by atoms with Crippen molar-refractivity contribution in [3.63, 3.8) is 0 Å². The highest BCUT2D eigenvalue weighted by Crippen LogP contribution is 2.39. The van der Waals surface area contributed by atoms with Crippen molar-refractivity contribution >= 4 is 10.1 Å². The highest BCUT2D eigenvalue weighted by Gasteiger charge is 2.46. The van der Waals surface area contributed by atoms with Gasteiger partial charge in [-0.2, -0.15) is 8.42 Å². The Balaban J connectivity index is 1.93. The van der Waals surface area contributed by atoms with Gasteiger partial charge >= 0.3 is 0 Å². The number of nitrogens with one attached hydrogen (secondary N) is 1. The van der Waals surface area contributed by atoms with Crippen molar-refractivity contribution in [1.82, 2.24) is 5.32 Å². The van der Waals surface area contributed by atoms with Crippen molar-refractivity contribution in [2.24, 2.45) is 0 Å². The van der Waals surface area contributed by atoms with Gasteiger partial charge in [-0.15, -0.1) is 0 Å². The molecule has 1 N–H and O–H groups in total. The molecule has 2 aromatic rings. The molecule has 0 spiro atoms. The highest BCUT2D eigenvalue weighted by molar-refractivity contribution is 7.86. The highest BCUT2D eigenvalue weighted by atomic mass is 32.2. The number of hydrogen-bond donors (Lipinski definition) is 1. The summed E-state index contributed by atoms with van der Waals surface area (Å²) < 4.78 is 58.6. The molecule has 1 aliphatic rings. The third-order valence-electron chi connectivity index (χ3n) is 4.25. The Hall–Kier alpha value is -1.83. The number of halogens is 2. The summed E-state index contributed by atoms with van der Waals surface area (Å²) in [4.78, 5) is -0.192. The van der Waals surface area contributed by atoms with E-state index in [9.17, 15) is 17.2 Å². The lowest BCUT2D eigenvalue weighted by Crippen LogP contribution is -2.26. The minimum absolute atomic E-state index is 0.0255. The Morgan fingerprint density at radius 2 is 1.92 bits per heavy atom. The van der Waals surface area contributed by atoms with Crippen molar-refractivity contribution in [2.75, 3.05) is 13.1 Å². The van der Waals surface area contributed by atoms with Gasteiger partial charge in [-0.05, 0) is 24.1 Å². The lowest BCUT2D eigenvalue weighted by molar-refractivity contribution is 0.00503. The standard InChI is InChI=1S/C18H19F2NO3S/c1-13-7-8-17(15(9-13)16-10-21-12-18(16,19)20)25(22,23)24-11-14-5-3-2-4-6-14/h2-9,16,21H,10-12H2,1H3. The number of benzene rings is 2. The predicted molar refractivity (Wildman–Crippen MR) is 90.2 cm³/mol. The summed E-state index contributed by atoms with van der Waals surface area (Å²) in [6.45, 7) is 1.16. The molecule has 1 fully saturated rings. The lowest BCUT2D eigenvalue weighted by Gasteiger charge is -2.21. The quantitative estimate of drug-likeness (QED) is 0.825. The van der Waals surface area contributed by atoms with E-state index < -0.39 is 28.5 Å². The SMILES string of the molecule is Cc1ccc(S(=O)(=O)OCc2ccccc2)c(C2CNCC2(F)F)c1. The van der Waals surface area contributed by atoms with Gasteiger partial charge < -0.3 is 5.32 Å². The van der Waals surface area contributed by atoms with E-state index >= 15 is 0 Å². The fourth-order valence-corrected chi connectivity index (χ4v) is 4.09. The van der Waals surface area contributed by atoms with Gasteiger partial charge in [-0.3, -0.25) is 4.18 Å². The van der Waals surface area contributed by atoms with Gasteiger partial charge in [0.25, 0.3) is 16.0 Å². The van der Waals surface area contributed by atoms with Crippen LogP contribution < -0.4 is 5.32 Å². The van der Waals surface area contributed by atoms with Gasteiger partial charge in [0, 0.05) is 6.54 Å². The molecule has 0 radical (unpaired) electrons. The van der Waals surface area contributed by atoms with Crippen LogP contribution >= 0.6 is 0 Å². The third kappa shape index (κ3) is 3.89. The van der Waals surface area contributed by atoms with Gasteiger partial charge in [0.15, 0.2) is 0 Å². The van der Waals surface area contributed by atoms with Crippen LogP contribution in [0.2, 0.25) is 0 Å². The summed E-state index contributed by atoms with van der Waals surface area (Å²) in [6, 6.07) is 13.3. The van der Waals surface area contributed by atoms with Crippen LogP contribution in [0, 0.1) is 6.92 Å². The van der Waals surface area contributed by atoms with Crippen LogP contribution in [-0.2, 0) is 20.9 Å². The zero-order valence-corrected chi connectivity index (χ0v) is 14.5. The maximum atomic E-state index is 14.1. The minimum atomic E-state index is -4.15. The third-order valence-corrected chi connectivity index (χ3v) is 5.59. The first-order valence-corrected chi connectivity index (χ1v) is 9.33. The summed E-state index contributed by atoms with van der Waals surface area (Å²) in [5.41, 5.74) is 1.51. The Kier molecular flexibility index (Phi) is 4.90. The van der Waals surface area contributed by atoms with Crippen LogP contribution in [0.4, 0.5) is 8.78 Å². The van der Waals surface area contributed by atoms with E-state index in [4.69, 9.17) is 4.18 Å². The molecule has 7 heteroatoms. The Bertz CT molecular complexity index is 854. The molecule has 1 unspecified atom stereocenters. The summed E-state index contributed by atoms with van der Waals surface area (Å²) >= 11 is 0. The fourth-order valence-electron chi connectivity index (χ4n) is 2.94. The molecule has 1 aliphatic heterocycles. The van der Waals surface area contributed by atoms with E-state index in [1.165, 1.54) is 12.1 Å². The molecule has 2 aromatic carbocycles. The first-order valence-electron chi connectivity index (χ1n) is 7.92. The average Bonchev–Trinajstić information content (AvgIpc) is 2.93. The summed E-state index contributed by atoms with van der Waals surface area (Å²) in [7, 11) is -4.15. The summed E-state index contributed by atoms with van der Waals surface area (Å²) in [6.07, 6.45) is 0. The van der Waals surface area contributed by atoms with Crippen LogP contribution in [0.15, 0.2) is 53.4 Å². The van der Waals surface area contributed by atoms with Gasteiger partial charge in [0.1, 0.15) is 0 Å². The molecular formula is C18H19F2NO3S. The van der Waals surface area contributed by atoms with Gasteiger partial charge in [-0.25, -0.2) is 8.78 Å². The molecule has 0 saturated carbocycles. The average molecular weight is 367 g/mol. The number of hydrogen-bond acceptors (Lipinski definition) is 4. The minimum Gasteiger partial charge on any atom is -0.310 e. The summed E-state index contributed by atoms with van der Waals surface area (Å²) in [5, 5.41) is 2.63. The molecule has 0 bridgehead atoms. The molecule has 0 amide bonds. The molecule has 1 heterocycles. The topological polar surface area (TPSA) is 55.4 Å². The molecule has 1 atom stereocenters. The molecule has 4 nitrogen and oxygen atoms in total. The van der Waals surface area contributed by atoms with E-state index in [0.717, 1.165) is 5.56 Å². The Morgan fingerprint density at radius 3 is 2.56 bits per heavy atom. The van der Waals surface area contributed by atoms with Crippen molar-refractivity contribution in [1.29, 1.82) is 0 Å². The number of rotatable bonds is 5. The Labute approximate surface area is 146 Å². The van der Waals surface area contributed by atoms with Gasteiger partial charge in [0.05, 0.1) is 24.0 Å². The molecular weight excluding hydrogens is 348 g/mol. The zero-order chi connectivity index (χ0) is 18.1. The summed E-state index contributed by atoms with van der Waals surface area (Å²) in [5.74, 6) is -4.20. The molecule has 3 rings (SSSR count). The number of alkyl halides is 2. The van der Waals surface area contributed by atoms with E-state index in [1.807, 2.05) is 6.07 Å². The molecule has 25 heavy (non-hydrogen) atoms. The molecule has 1 saturated heterocycles. The monoisotopic (exact) mass is 367 g/mol. The van der Waals surface area contributed by atoms with Crippen LogP contribution in [0.1, 0.15) is 22.6 Å². The normalized spacial score (nSPS) is 19.9. The van der Waals surface area contributed by atoms with Crippen molar-refractivity contribution in [2.45, 2.75) is 30.3 Å². The maximum absolute atomic E-state index is 14.1. The van der Waals surface area contributed by atoms with Gasteiger partial charge in [-0.1, -0.05) is 48.0 Å². The smallest absolute Gasteiger partial charge is 0.297 e. The van der Waals surface area contributed by atoms with Crippen LogP contribution in [0.25, 0.3) is 0 Å². The van der Waals surface area contributed by atoms with E-state index in [-0.39, 0.29) is 23.6 Å². The number of aryl methyl sites for hydroxylation is 1. The largest absolute Gasteiger partial charge is 0.310 e. The molecule has 0 aliphatic carbocycles. The Morgan fingerprint density at radius 1 is 1.20 bits per heavy atom. The van der Waals surface area contributed by atoms with E-state index in [2.05, 4.69) is 5.32 Å². The van der Waals surface area contributed by atoms with Crippen molar-refractivity contribution < 1.29 is 21.4 Å². The lowest BCUT2D eigenvalue weighted by atomic mass is 9.94. The van der Waals surface area contributed by atoms with E-state index in [1.54, 1.807) is 37.3 Å². The second-order valence-electron chi connectivity index (χ2n) is 6.19. The van der Waals surface area contributed by atoms with E-state index in [0.29, 0.717) is 5.56 Å². The molecule has 0 aromatic heterocycles. The maximum Gasteiger partial charge on any atom is 0.297 e. The first kappa shape index (κ1) is 18.0. The molecule has 134 valence electrons.